The fourth-order valence-electron chi connectivity index (χ4n) is 23.1. The van der Waals surface area contributed by atoms with Gasteiger partial charge in [-0.05, 0) is 313 Å². The van der Waals surface area contributed by atoms with Crippen molar-refractivity contribution in [3.05, 3.63) is 393 Å². The van der Waals surface area contributed by atoms with Crippen molar-refractivity contribution < 1.29 is 28.6 Å². The highest BCUT2D eigenvalue weighted by Gasteiger charge is 2.41. The van der Waals surface area contributed by atoms with Gasteiger partial charge in [0.1, 0.15) is 34.5 Å². The molecule has 12 heteroatoms. The normalized spacial score (nSPS) is 17.7. The molecule has 0 aromatic heterocycles. The Kier molecular flexibility index (Phi) is 33.6. The minimum Gasteiger partial charge on any atom is -0.457 e. The molecule has 13 aromatic carbocycles. The van der Waals surface area contributed by atoms with Gasteiger partial charge in [-0.2, -0.15) is 0 Å². The Hall–Kier alpha value is -12.9. The van der Waals surface area contributed by atoms with Crippen LogP contribution in [0.1, 0.15) is 310 Å². The first-order chi connectivity index (χ1) is 68.7. The molecule has 752 valence electrons. The van der Waals surface area contributed by atoms with E-state index in [9.17, 15) is 14.4 Å². The summed E-state index contributed by atoms with van der Waals surface area (Å²) >= 11 is 0. The van der Waals surface area contributed by atoms with Crippen molar-refractivity contribution in [1.82, 2.24) is 0 Å². The number of nitrogens with zero attached hydrogens (tertiary/aromatic N) is 4. The molecule has 0 spiro atoms. The molecule has 2 N–H and O–H groups in total. The Balaban J connectivity index is 0.000000130. The minimum absolute atomic E-state index is 0.0975. The zero-order valence-electron chi connectivity index (χ0n) is 89.8. The number of nitrogens with one attached hydrogen (secondary N) is 2. The third-order valence-corrected chi connectivity index (χ3v) is 30.3. The van der Waals surface area contributed by atoms with E-state index in [4.69, 9.17) is 14.2 Å². The number of hydrogen-bond donors (Lipinski definition) is 2. The van der Waals surface area contributed by atoms with Gasteiger partial charge in [0.05, 0.1) is 0 Å². The van der Waals surface area contributed by atoms with Gasteiger partial charge in [0, 0.05) is 107 Å². The molecule has 6 unspecified atom stereocenters. The third-order valence-electron chi connectivity index (χ3n) is 30.3. The number of benzene rings is 13. The lowest BCUT2D eigenvalue weighted by molar-refractivity contribution is -0.117. The van der Waals surface area contributed by atoms with Crippen molar-refractivity contribution in [3.63, 3.8) is 0 Å². The molecule has 6 atom stereocenters. The summed E-state index contributed by atoms with van der Waals surface area (Å²) < 4.78 is 18.0. The molecule has 0 saturated carbocycles. The average molecular weight is 1920 g/mol. The molecular weight excluding hydrogens is 1770 g/mol. The first-order valence-electron chi connectivity index (χ1n) is 53.0. The topological polar surface area (TPSA) is 116 Å². The quantitative estimate of drug-likeness (QED) is 0.109. The second kappa shape index (κ2) is 46.0. The maximum atomic E-state index is 12.0. The smallest absolute Gasteiger partial charge is 0.223 e. The summed E-state index contributed by atoms with van der Waals surface area (Å²) in [7, 11) is 0. The number of rotatable bonds is 13. The van der Waals surface area contributed by atoms with E-state index in [2.05, 4.69) is 334 Å². The van der Waals surface area contributed by atoms with E-state index < -0.39 is 0 Å². The van der Waals surface area contributed by atoms with Gasteiger partial charge < -0.3 is 44.4 Å². The van der Waals surface area contributed by atoms with Crippen LogP contribution in [0.3, 0.4) is 0 Å². The molecule has 0 bridgehead atoms. The van der Waals surface area contributed by atoms with Crippen molar-refractivity contribution in [2.24, 2.45) is 32.5 Å². The summed E-state index contributed by atoms with van der Waals surface area (Å²) in [6, 6.07) is 110. The summed E-state index contributed by atoms with van der Waals surface area (Å²) in [5, 5.41) is 7.11. The summed E-state index contributed by atoms with van der Waals surface area (Å²) in [6.45, 7) is 53.6. The number of hydrogen-bond acceptors (Lipinski definition) is 9. The highest BCUT2D eigenvalue weighted by molar-refractivity contribution is 5.95. The lowest BCUT2D eigenvalue weighted by atomic mass is 9.70. The van der Waals surface area contributed by atoms with E-state index in [-0.39, 0.29) is 50.7 Å². The summed E-state index contributed by atoms with van der Waals surface area (Å²) in [6.07, 6.45) is 11.2. The molecule has 7 heterocycles. The van der Waals surface area contributed by atoms with Gasteiger partial charge in [0.15, 0.2) is 0 Å². The fraction of sp³-hybridized carbons (Fsp3) is 0.386. The molecule has 0 aliphatic carbocycles. The Morgan fingerprint density at radius 2 is 0.597 bits per heavy atom. The largest absolute Gasteiger partial charge is 0.457 e. The van der Waals surface area contributed by atoms with Crippen LogP contribution < -0.4 is 44.4 Å². The second-order valence-electron chi connectivity index (χ2n) is 47.1. The van der Waals surface area contributed by atoms with E-state index in [1.165, 1.54) is 123 Å². The molecule has 144 heavy (non-hydrogen) atoms. The van der Waals surface area contributed by atoms with Gasteiger partial charge in [-0.1, -0.05) is 337 Å². The number of para-hydroxylation sites is 3. The van der Waals surface area contributed by atoms with Crippen LogP contribution in [-0.4, -0.2) is 63.5 Å². The maximum absolute atomic E-state index is 12.0. The van der Waals surface area contributed by atoms with E-state index in [1.54, 1.807) is 37.6 Å². The summed E-state index contributed by atoms with van der Waals surface area (Å²) in [5.41, 5.74) is 28.1. The van der Waals surface area contributed by atoms with Gasteiger partial charge in [0.25, 0.3) is 0 Å². The summed E-state index contributed by atoms with van der Waals surface area (Å²) in [4.78, 5) is 44.3. The van der Waals surface area contributed by atoms with Gasteiger partial charge in [-0.25, -0.2) is 0 Å². The van der Waals surface area contributed by atoms with Crippen LogP contribution in [0.15, 0.2) is 315 Å². The van der Waals surface area contributed by atoms with Gasteiger partial charge >= 0.3 is 0 Å². The van der Waals surface area contributed by atoms with Crippen molar-refractivity contribution in [2.45, 2.75) is 251 Å². The lowest BCUT2D eigenvalue weighted by Crippen LogP contribution is -2.38. The highest BCUT2D eigenvalue weighted by atomic mass is 16.5. The Labute approximate surface area is 862 Å². The molecule has 12 nitrogen and oxygen atoms in total. The van der Waals surface area contributed by atoms with E-state index in [0.29, 0.717) is 40.9 Å². The van der Waals surface area contributed by atoms with Crippen molar-refractivity contribution in [1.29, 1.82) is 0 Å². The standard InChI is InChI=1S/C26H29N.C23H29N.C22H27NO.2C21H25NO2.C19H23NO/c1-26(2,3)23-16-17-27-24-15-14-21(18-22(23)24)25(19-10-6-4-7-11-19)20-12-8-5-9-13-20;1-23(2,3)21-11-13-24-12-7-10-19-15-18(16-20(21)22(19)24)14-17-8-5-4-6-9-17;1-16(24)23-13-12-20(22(2,3)4)19-15-18(10-11-21(19)23)14-17-8-6-5-7-9-17;2*1-15(23)22-13-12-19(21(2,3)4)18-14-17(10-11-20(18)22)24-16-8-6-5-7-9-16;1-19(2,3)17-11-12-20-18-10-9-15(13-16(17)18)21-14-7-5-4-6-8-14/h4-15,18,23,25,27H,16-17H2,1-3H3;4-6,8-9,15-16,21H,7,10-14H2,1-3H3;5-11,15,20H,12-14H2,1-4H3;2*5-11,14,19H,12-13H2,1-4H3;4-10,13,17,20H,11-12H2,1-3H3. The minimum atomic E-state index is 0.0975. The van der Waals surface area contributed by atoms with Gasteiger partial charge in [-0.3, -0.25) is 14.4 Å². The Bertz CT molecular complexity index is 6100. The fourth-order valence-corrected chi connectivity index (χ4v) is 23.1. The summed E-state index contributed by atoms with van der Waals surface area (Å²) in [5.74, 6) is 8.80. The number of ether oxygens (including phenoxy) is 3. The Morgan fingerprint density at radius 1 is 0.285 bits per heavy atom. The number of fused-ring (bicyclic) bond motifs is 5. The number of carbonyl (C=O) groups excluding carboxylic acids is 3. The predicted molar refractivity (Wildman–Crippen MR) is 603 cm³/mol. The maximum Gasteiger partial charge on any atom is 0.223 e. The average Bonchev–Trinajstić information content (AvgIpc) is 0.781. The van der Waals surface area contributed by atoms with Crippen LogP contribution in [0, 0.1) is 32.5 Å². The molecule has 7 aliphatic rings. The lowest BCUT2D eigenvalue weighted by Gasteiger charge is -2.44. The Morgan fingerprint density at radius 3 is 0.986 bits per heavy atom. The van der Waals surface area contributed by atoms with Crippen molar-refractivity contribution in [2.75, 3.05) is 76.0 Å². The van der Waals surface area contributed by atoms with E-state index in [1.807, 2.05) is 136 Å². The number of amides is 3. The molecular formula is C132H158N6O6. The molecule has 0 saturated heterocycles. The molecule has 20 rings (SSSR count). The molecule has 0 fully saturated rings. The van der Waals surface area contributed by atoms with Gasteiger partial charge in [0.2, 0.25) is 17.7 Å². The van der Waals surface area contributed by atoms with Crippen LogP contribution in [-0.2, 0) is 33.6 Å². The first-order valence-corrected chi connectivity index (χ1v) is 53.0. The number of carbonyl (C=O) groups is 3. The van der Waals surface area contributed by atoms with Crippen LogP contribution >= 0.6 is 0 Å². The highest BCUT2D eigenvalue weighted by Crippen LogP contribution is 2.54. The molecule has 0 radical (unpaired) electrons. The van der Waals surface area contributed by atoms with Gasteiger partial charge in [-0.15, -0.1) is 0 Å². The molecule has 3 amide bonds. The van der Waals surface area contributed by atoms with Crippen LogP contribution in [0.4, 0.5) is 34.1 Å². The first kappa shape index (κ1) is 105. The van der Waals surface area contributed by atoms with Crippen LogP contribution in [0.25, 0.3) is 0 Å². The zero-order valence-corrected chi connectivity index (χ0v) is 89.8. The molecule has 13 aromatic rings. The van der Waals surface area contributed by atoms with Crippen LogP contribution in [0.5, 0.6) is 34.5 Å². The molecule has 7 aliphatic heterocycles. The SMILES string of the molecule is CC(=O)N1CCC(C(C)(C)C)c2cc(Cc3ccccc3)ccc21.CC(=O)N1CCC(C(C)(C)C)c2cc(Oc3ccccc3)ccc21.CC(=O)N1CCC(C(C)(C)C)c2cc(Oc3ccccc3)ccc21.CC(C)(C)C1CCN2CCCc3cc(Cc4ccccc4)cc1c32.CC(C)(C)C1CCNc2ccc(C(c3ccccc3)c3ccccc3)cc21.CC(C)(C)C1CCNc2ccc(Oc3ccccc3)cc21. The predicted octanol–water partition coefficient (Wildman–Crippen LogP) is 33.7. The zero-order chi connectivity index (χ0) is 102. The van der Waals surface area contributed by atoms with E-state index >= 15 is 0 Å². The van der Waals surface area contributed by atoms with Crippen LogP contribution in [0.2, 0.25) is 0 Å². The number of anilines is 6. The van der Waals surface area contributed by atoms with E-state index in [0.717, 1.165) is 116 Å². The number of aryl methyl sites for hydroxylation is 1. The van der Waals surface area contributed by atoms with Crippen molar-refractivity contribution >= 4 is 51.8 Å². The second-order valence-corrected chi connectivity index (χ2v) is 47.1. The monoisotopic (exact) mass is 1920 g/mol. The third kappa shape index (κ3) is 26.6. The van der Waals surface area contributed by atoms with Crippen molar-refractivity contribution in [3.8, 4) is 34.5 Å².